The molecule has 0 nitrogen and oxygen atoms in total. The van der Waals surface area contributed by atoms with Crippen LogP contribution in [0.15, 0.2) is 12.2 Å². The van der Waals surface area contributed by atoms with Crippen LogP contribution in [0.3, 0.4) is 0 Å². The molecule has 22 heavy (non-hydrogen) atoms. The second kappa shape index (κ2) is 8.16. The molecule has 0 aliphatic heterocycles. The molecule has 0 aromatic heterocycles. The highest BCUT2D eigenvalue weighted by atomic mass is 19.2. The highest BCUT2D eigenvalue weighted by molar-refractivity contribution is 5.72. The second-order valence-electron chi connectivity index (χ2n) is 4.99. The van der Waals surface area contributed by atoms with Crippen molar-refractivity contribution in [2.24, 2.45) is 0 Å². The van der Waals surface area contributed by atoms with Crippen LogP contribution in [0.1, 0.15) is 64.5 Å². The first-order valence-corrected chi connectivity index (χ1v) is 7.69. The van der Waals surface area contributed by atoms with Crippen LogP contribution in [0.25, 0.3) is 11.1 Å². The third kappa shape index (κ3) is 3.42. The average Bonchev–Trinajstić information content (AvgIpc) is 2.51. The fourth-order valence-electron chi connectivity index (χ4n) is 2.53. The zero-order valence-corrected chi connectivity index (χ0v) is 13.5. The molecule has 0 bridgehead atoms. The van der Waals surface area contributed by atoms with E-state index in [1.165, 1.54) is 0 Å². The van der Waals surface area contributed by atoms with Crippen LogP contribution < -0.4 is 0 Å². The molecule has 0 fully saturated rings. The molecule has 0 atom stereocenters. The minimum absolute atomic E-state index is 0.277. The third-order valence-electron chi connectivity index (χ3n) is 3.57. The van der Waals surface area contributed by atoms with E-state index in [-0.39, 0.29) is 11.1 Å². The standard InChI is InChI=1S/C18H22F4/c1-5-9-11(7-3)13-15(19)17(21)14(18(22)16(13)20)12(8-4)10-6-2/h9-10H,5-8H2,1-4H3/b11-9+,12-10+. The molecule has 0 saturated carbocycles. The molecule has 0 aliphatic rings. The maximum atomic E-state index is 14.4. The SMILES string of the molecule is CC/C=C(\CC)c1c(F)c(F)c(/C(=C/CC)CC)c(F)c1F. The Morgan fingerprint density at radius 2 is 0.909 bits per heavy atom. The van der Waals surface area contributed by atoms with E-state index >= 15 is 0 Å². The van der Waals surface area contributed by atoms with Gasteiger partial charge in [-0.25, -0.2) is 17.6 Å². The highest BCUT2D eigenvalue weighted by Crippen LogP contribution is 2.34. The van der Waals surface area contributed by atoms with Gasteiger partial charge in [0.1, 0.15) is 0 Å². The maximum absolute atomic E-state index is 14.4. The van der Waals surface area contributed by atoms with E-state index in [1.54, 1.807) is 39.8 Å². The van der Waals surface area contributed by atoms with Gasteiger partial charge < -0.3 is 0 Å². The number of benzene rings is 1. The summed E-state index contributed by atoms with van der Waals surface area (Å²) in [7, 11) is 0. The lowest BCUT2D eigenvalue weighted by molar-refractivity contribution is 0.445. The van der Waals surface area contributed by atoms with Gasteiger partial charge >= 0.3 is 0 Å². The van der Waals surface area contributed by atoms with E-state index in [0.717, 1.165) is 0 Å². The van der Waals surface area contributed by atoms with E-state index in [9.17, 15) is 17.6 Å². The summed E-state index contributed by atoms with van der Waals surface area (Å²) < 4.78 is 57.4. The first-order valence-electron chi connectivity index (χ1n) is 7.69. The van der Waals surface area contributed by atoms with E-state index < -0.39 is 34.4 Å². The molecule has 0 spiro atoms. The van der Waals surface area contributed by atoms with E-state index in [2.05, 4.69) is 0 Å². The lowest BCUT2D eigenvalue weighted by atomic mass is 9.94. The van der Waals surface area contributed by atoms with Crippen molar-refractivity contribution in [2.45, 2.75) is 53.4 Å². The van der Waals surface area contributed by atoms with Crippen LogP contribution >= 0.6 is 0 Å². The molecule has 0 aliphatic carbocycles. The van der Waals surface area contributed by atoms with Gasteiger partial charge in [-0.3, -0.25) is 0 Å². The number of hydrogen-bond acceptors (Lipinski definition) is 0. The normalized spacial score (nSPS) is 12.9. The number of hydrogen-bond donors (Lipinski definition) is 0. The molecule has 1 aromatic carbocycles. The highest BCUT2D eigenvalue weighted by Gasteiger charge is 2.27. The lowest BCUT2D eigenvalue weighted by Crippen LogP contribution is -2.08. The van der Waals surface area contributed by atoms with Crippen LogP contribution in [-0.4, -0.2) is 0 Å². The van der Waals surface area contributed by atoms with Crippen molar-refractivity contribution in [3.63, 3.8) is 0 Å². The van der Waals surface area contributed by atoms with Gasteiger partial charge in [0.2, 0.25) is 0 Å². The van der Waals surface area contributed by atoms with Gasteiger partial charge in [-0.05, 0) is 36.8 Å². The van der Waals surface area contributed by atoms with Crippen molar-refractivity contribution >= 4 is 11.1 Å². The Labute approximate surface area is 129 Å². The molecule has 0 unspecified atom stereocenters. The largest absolute Gasteiger partial charge is 0.203 e. The Bertz CT molecular complexity index is 516. The molecule has 1 rings (SSSR count). The Hall–Kier alpha value is -1.58. The Balaban J connectivity index is 3.71. The molecular formula is C18H22F4. The minimum atomic E-state index is -1.31. The van der Waals surface area contributed by atoms with E-state index in [4.69, 9.17) is 0 Å². The predicted octanol–water partition coefficient (Wildman–Crippen LogP) is 6.65. The average molecular weight is 314 g/mol. The van der Waals surface area contributed by atoms with Crippen molar-refractivity contribution < 1.29 is 17.6 Å². The summed E-state index contributed by atoms with van der Waals surface area (Å²) in [6.07, 6.45) is 4.83. The van der Waals surface area contributed by atoms with Crippen molar-refractivity contribution in [1.29, 1.82) is 0 Å². The molecule has 0 saturated heterocycles. The summed E-state index contributed by atoms with van der Waals surface area (Å²) in [5, 5.41) is 0. The first kappa shape index (κ1) is 18.5. The number of rotatable bonds is 6. The van der Waals surface area contributed by atoms with E-state index in [0.29, 0.717) is 25.7 Å². The van der Waals surface area contributed by atoms with Crippen molar-refractivity contribution in [2.75, 3.05) is 0 Å². The summed E-state index contributed by atoms with van der Waals surface area (Å²) in [6, 6.07) is 0. The van der Waals surface area contributed by atoms with Gasteiger partial charge in [-0.2, -0.15) is 0 Å². The molecular weight excluding hydrogens is 292 g/mol. The zero-order chi connectivity index (χ0) is 16.9. The molecule has 4 heteroatoms. The van der Waals surface area contributed by atoms with Gasteiger partial charge in [-0.1, -0.05) is 39.8 Å². The fraction of sp³-hybridized carbons (Fsp3) is 0.444. The summed E-state index contributed by atoms with van der Waals surface area (Å²) in [5.74, 6) is -5.26. The summed E-state index contributed by atoms with van der Waals surface area (Å²) in [4.78, 5) is 0. The van der Waals surface area contributed by atoms with Crippen LogP contribution in [-0.2, 0) is 0 Å². The third-order valence-corrected chi connectivity index (χ3v) is 3.57. The quantitative estimate of drug-likeness (QED) is 0.407. The first-order chi connectivity index (χ1) is 10.4. The summed E-state index contributed by atoms with van der Waals surface area (Å²) in [6.45, 7) is 6.98. The Morgan fingerprint density at radius 3 is 1.09 bits per heavy atom. The molecule has 0 heterocycles. The summed E-state index contributed by atoms with van der Waals surface area (Å²) >= 11 is 0. The van der Waals surface area contributed by atoms with Crippen molar-refractivity contribution in [1.82, 2.24) is 0 Å². The van der Waals surface area contributed by atoms with Crippen LogP contribution in [0, 0.1) is 23.3 Å². The Morgan fingerprint density at radius 1 is 0.636 bits per heavy atom. The van der Waals surface area contributed by atoms with Gasteiger partial charge in [0.25, 0.3) is 0 Å². The number of halogens is 4. The number of allylic oxidation sites excluding steroid dienone is 4. The lowest BCUT2D eigenvalue weighted by Gasteiger charge is -2.15. The molecule has 122 valence electrons. The second-order valence-corrected chi connectivity index (χ2v) is 4.99. The Kier molecular flexibility index (Phi) is 6.85. The predicted molar refractivity (Wildman–Crippen MR) is 83.4 cm³/mol. The van der Waals surface area contributed by atoms with Gasteiger partial charge in [-0.15, -0.1) is 0 Å². The smallest absolute Gasteiger partial charge is 0.170 e. The van der Waals surface area contributed by atoms with E-state index in [1.807, 2.05) is 0 Å². The van der Waals surface area contributed by atoms with Crippen molar-refractivity contribution in [3.05, 3.63) is 46.5 Å². The molecule has 1 aromatic rings. The zero-order valence-electron chi connectivity index (χ0n) is 13.5. The monoisotopic (exact) mass is 314 g/mol. The molecule has 0 radical (unpaired) electrons. The van der Waals surface area contributed by atoms with Crippen LogP contribution in [0.5, 0.6) is 0 Å². The van der Waals surface area contributed by atoms with Gasteiger partial charge in [0.15, 0.2) is 23.3 Å². The maximum Gasteiger partial charge on any atom is 0.170 e. The fourth-order valence-corrected chi connectivity index (χ4v) is 2.53. The molecule has 0 amide bonds. The minimum Gasteiger partial charge on any atom is -0.203 e. The van der Waals surface area contributed by atoms with Gasteiger partial charge in [0.05, 0.1) is 11.1 Å². The van der Waals surface area contributed by atoms with Crippen LogP contribution in [0.2, 0.25) is 0 Å². The topological polar surface area (TPSA) is 0 Å². The van der Waals surface area contributed by atoms with Gasteiger partial charge in [0, 0.05) is 0 Å². The molecule has 0 N–H and O–H groups in total. The summed E-state index contributed by atoms with van der Waals surface area (Å²) in [5.41, 5.74) is -0.621. The van der Waals surface area contributed by atoms with Crippen molar-refractivity contribution in [3.8, 4) is 0 Å². The van der Waals surface area contributed by atoms with Crippen LogP contribution in [0.4, 0.5) is 17.6 Å².